The van der Waals surface area contributed by atoms with Gasteiger partial charge >= 0.3 is 5.97 Å². The van der Waals surface area contributed by atoms with Crippen molar-refractivity contribution in [3.05, 3.63) is 0 Å². The number of rotatable bonds is 4. The van der Waals surface area contributed by atoms with Crippen molar-refractivity contribution in [1.82, 2.24) is 0 Å². The molecule has 0 aromatic heterocycles. The maximum Gasteiger partial charge on any atom is 0.308 e. The van der Waals surface area contributed by atoms with Crippen LogP contribution < -0.4 is 0 Å². The summed E-state index contributed by atoms with van der Waals surface area (Å²) >= 11 is 0. The molecule has 2 heteroatoms. The summed E-state index contributed by atoms with van der Waals surface area (Å²) in [5.41, 5.74) is 0. The monoisotopic (exact) mass is 168 g/mol. The molecule has 0 aromatic carbocycles. The van der Waals surface area contributed by atoms with E-state index in [9.17, 15) is 4.79 Å². The van der Waals surface area contributed by atoms with Gasteiger partial charge in [-0.15, -0.1) is 11.8 Å². The first kappa shape index (κ1) is 11.0. The Kier molecular flexibility index (Phi) is 6.18. The van der Waals surface area contributed by atoms with Gasteiger partial charge < -0.3 is 4.74 Å². The highest BCUT2D eigenvalue weighted by atomic mass is 16.5. The zero-order valence-corrected chi connectivity index (χ0v) is 8.02. The molecule has 0 radical (unpaired) electrons. The van der Waals surface area contributed by atoms with Gasteiger partial charge in [0.1, 0.15) is 0 Å². The number of hydrogen-bond acceptors (Lipinski definition) is 2. The van der Waals surface area contributed by atoms with Gasteiger partial charge in [0.25, 0.3) is 0 Å². The molecule has 0 rings (SSSR count). The molecule has 0 N–H and O–H groups in total. The smallest absolute Gasteiger partial charge is 0.308 e. The number of ether oxygens (including phenoxy) is 1. The fraction of sp³-hybridized carbons (Fsp3) is 0.700. The van der Waals surface area contributed by atoms with Crippen LogP contribution in [0.4, 0.5) is 0 Å². The Morgan fingerprint density at radius 2 is 2.25 bits per heavy atom. The minimum atomic E-state index is -0.115. The lowest BCUT2D eigenvalue weighted by molar-refractivity contribution is -0.147. The molecule has 12 heavy (non-hydrogen) atoms. The van der Waals surface area contributed by atoms with E-state index in [4.69, 9.17) is 4.74 Å². The highest BCUT2D eigenvalue weighted by Gasteiger charge is 2.11. The van der Waals surface area contributed by atoms with Crippen molar-refractivity contribution >= 4 is 5.97 Å². The van der Waals surface area contributed by atoms with Crippen LogP contribution in [0.15, 0.2) is 0 Å². The normalized spacial score (nSPS) is 11.2. The number of hydrogen-bond donors (Lipinski definition) is 0. The van der Waals surface area contributed by atoms with Crippen LogP contribution in [-0.2, 0) is 9.53 Å². The van der Waals surface area contributed by atoms with Crippen LogP contribution in [-0.4, -0.2) is 12.6 Å². The number of carbonyl (C=O) groups excluding carboxylic acids is 1. The van der Waals surface area contributed by atoms with Gasteiger partial charge in [-0.25, -0.2) is 0 Å². The first-order chi connectivity index (χ1) is 5.72. The molecule has 0 aliphatic rings. The van der Waals surface area contributed by atoms with Crippen molar-refractivity contribution in [3.8, 4) is 11.8 Å². The van der Waals surface area contributed by atoms with Gasteiger partial charge in [-0.1, -0.05) is 6.92 Å². The Labute approximate surface area is 74.3 Å². The molecule has 0 aromatic rings. The van der Waals surface area contributed by atoms with Crippen LogP contribution in [0.1, 0.15) is 33.6 Å². The molecular weight excluding hydrogens is 152 g/mol. The van der Waals surface area contributed by atoms with Gasteiger partial charge in [-0.3, -0.25) is 4.79 Å². The van der Waals surface area contributed by atoms with Crippen molar-refractivity contribution in [2.45, 2.75) is 33.6 Å². The summed E-state index contributed by atoms with van der Waals surface area (Å²) in [7, 11) is 0. The van der Waals surface area contributed by atoms with Crippen LogP contribution in [0.2, 0.25) is 0 Å². The Morgan fingerprint density at radius 1 is 1.58 bits per heavy atom. The molecule has 0 saturated carbocycles. The summed E-state index contributed by atoms with van der Waals surface area (Å²) in [4.78, 5) is 11.1. The van der Waals surface area contributed by atoms with Crippen LogP contribution in [0.25, 0.3) is 0 Å². The maximum atomic E-state index is 11.1. The molecule has 1 atom stereocenters. The van der Waals surface area contributed by atoms with Crippen molar-refractivity contribution in [1.29, 1.82) is 0 Å². The predicted molar refractivity (Wildman–Crippen MR) is 48.5 cm³/mol. The molecule has 0 spiro atoms. The molecular formula is C10H16O2. The third-order valence-corrected chi connectivity index (χ3v) is 1.57. The summed E-state index contributed by atoms with van der Waals surface area (Å²) < 4.78 is 4.85. The van der Waals surface area contributed by atoms with Gasteiger partial charge in [-0.2, -0.15) is 0 Å². The van der Waals surface area contributed by atoms with Crippen molar-refractivity contribution in [3.63, 3.8) is 0 Å². The van der Waals surface area contributed by atoms with E-state index >= 15 is 0 Å². The van der Waals surface area contributed by atoms with Gasteiger partial charge in [0, 0.05) is 6.42 Å². The molecule has 68 valence electrons. The first-order valence-electron chi connectivity index (χ1n) is 4.28. The van der Waals surface area contributed by atoms with Crippen molar-refractivity contribution in [2.75, 3.05) is 6.61 Å². The summed E-state index contributed by atoms with van der Waals surface area (Å²) in [5.74, 6) is 5.57. The topological polar surface area (TPSA) is 26.3 Å². The molecule has 0 saturated heterocycles. The van der Waals surface area contributed by atoms with E-state index in [0.717, 1.165) is 12.8 Å². The Balaban J connectivity index is 3.61. The first-order valence-corrected chi connectivity index (χ1v) is 4.28. The third kappa shape index (κ3) is 4.79. The number of carbonyl (C=O) groups is 1. The molecule has 1 unspecified atom stereocenters. The minimum absolute atomic E-state index is 0.0224. The van der Waals surface area contributed by atoms with Gasteiger partial charge in [-0.05, 0) is 20.3 Å². The summed E-state index contributed by atoms with van der Waals surface area (Å²) in [6.45, 7) is 5.95. The summed E-state index contributed by atoms with van der Waals surface area (Å²) in [6, 6.07) is 0. The van der Waals surface area contributed by atoms with E-state index in [1.807, 2.05) is 13.8 Å². The van der Waals surface area contributed by atoms with E-state index in [1.165, 1.54) is 0 Å². The molecule has 0 heterocycles. The quantitative estimate of drug-likeness (QED) is 0.474. The summed E-state index contributed by atoms with van der Waals surface area (Å²) in [6.07, 6.45) is 1.57. The Bertz CT molecular complexity index is 186. The van der Waals surface area contributed by atoms with E-state index in [0.29, 0.717) is 6.61 Å². The maximum absolute atomic E-state index is 11.1. The minimum Gasteiger partial charge on any atom is -0.466 e. The van der Waals surface area contributed by atoms with Crippen LogP contribution in [0.5, 0.6) is 0 Å². The highest BCUT2D eigenvalue weighted by molar-refractivity contribution is 5.71. The fourth-order valence-corrected chi connectivity index (χ4v) is 0.816. The molecule has 0 bridgehead atoms. The van der Waals surface area contributed by atoms with Gasteiger partial charge in [0.15, 0.2) is 0 Å². The molecule has 0 fully saturated rings. The van der Waals surface area contributed by atoms with E-state index in [2.05, 4.69) is 11.8 Å². The second kappa shape index (κ2) is 6.72. The largest absolute Gasteiger partial charge is 0.466 e. The zero-order chi connectivity index (χ0) is 9.40. The second-order valence-corrected chi connectivity index (χ2v) is 2.62. The van der Waals surface area contributed by atoms with Crippen LogP contribution >= 0.6 is 0 Å². The SMILES string of the molecule is CC#CCCC(C)C(=O)OCC. The average Bonchev–Trinajstić information content (AvgIpc) is 2.05. The molecule has 0 amide bonds. The predicted octanol–water partition coefficient (Wildman–Crippen LogP) is 1.99. The lowest BCUT2D eigenvalue weighted by Crippen LogP contribution is -2.14. The summed E-state index contributed by atoms with van der Waals surface area (Å²) in [5, 5.41) is 0. The highest BCUT2D eigenvalue weighted by Crippen LogP contribution is 2.06. The van der Waals surface area contributed by atoms with E-state index in [-0.39, 0.29) is 11.9 Å². The van der Waals surface area contributed by atoms with Gasteiger partial charge in [0.2, 0.25) is 0 Å². The van der Waals surface area contributed by atoms with Crippen molar-refractivity contribution in [2.24, 2.45) is 5.92 Å². The average molecular weight is 168 g/mol. The van der Waals surface area contributed by atoms with Crippen LogP contribution in [0.3, 0.4) is 0 Å². The molecule has 0 aliphatic carbocycles. The Morgan fingerprint density at radius 3 is 2.75 bits per heavy atom. The third-order valence-electron chi connectivity index (χ3n) is 1.57. The molecule has 0 aliphatic heterocycles. The molecule has 2 nitrogen and oxygen atoms in total. The van der Waals surface area contributed by atoms with Crippen molar-refractivity contribution < 1.29 is 9.53 Å². The second-order valence-electron chi connectivity index (χ2n) is 2.62. The van der Waals surface area contributed by atoms with Gasteiger partial charge in [0.05, 0.1) is 12.5 Å². The lowest BCUT2D eigenvalue weighted by atomic mass is 10.1. The fourth-order valence-electron chi connectivity index (χ4n) is 0.816. The number of esters is 1. The Hall–Kier alpha value is -0.970. The van der Waals surface area contributed by atoms with Crippen LogP contribution in [0, 0.1) is 17.8 Å². The zero-order valence-electron chi connectivity index (χ0n) is 8.02. The standard InChI is InChI=1S/C10H16O2/c1-4-6-7-8-9(3)10(11)12-5-2/h9H,5,7-8H2,1-3H3. The van der Waals surface area contributed by atoms with E-state index < -0.39 is 0 Å². The van der Waals surface area contributed by atoms with E-state index in [1.54, 1.807) is 6.92 Å². The lowest BCUT2D eigenvalue weighted by Gasteiger charge is -2.07.